The van der Waals surface area contributed by atoms with Gasteiger partial charge in [0.2, 0.25) is 6.41 Å². The van der Waals surface area contributed by atoms with Gasteiger partial charge in [0.25, 0.3) is 0 Å². The van der Waals surface area contributed by atoms with Crippen LogP contribution in [0.3, 0.4) is 0 Å². The van der Waals surface area contributed by atoms with E-state index in [1.807, 2.05) is 12.1 Å². The summed E-state index contributed by atoms with van der Waals surface area (Å²) in [7, 11) is 2.50. The number of anilines is 1. The molecule has 154 valence electrons. The zero-order chi connectivity index (χ0) is 21.2. The molecule has 3 rings (SSSR count). The Morgan fingerprint density at radius 1 is 1.17 bits per heavy atom. The summed E-state index contributed by atoms with van der Waals surface area (Å²) >= 11 is 3.40. The van der Waals surface area contributed by atoms with E-state index in [1.165, 1.54) is 4.88 Å². The number of carbonyl (C=O) groups is 1. The van der Waals surface area contributed by atoms with Gasteiger partial charge in [-0.1, -0.05) is 12.1 Å². The number of rotatable bonds is 7. The summed E-state index contributed by atoms with van der Waals surface area (Å²) in [6, 6.07) is 12.3. The lowest BCUT2D eigenvalue weighted by Gasteiger charge is -2.11. The molecule has 0 saturated carbocycles. The first-order chi connectivity index (χ1) is 14.0. The number of hydrogen-bond donors (Lipinski definition) is 2. The molecular formula is C19H23N4O3PS2. The first kappa shape index (κ1) is 23.3. The minimum Gasteiger partial charge on any atom is -0.382 e. The second-order valence-electron chi connectivity index (χ2n) is 5.53. The Morgan fingerprint density at radius 2 is 1.83 bits per heavy atom. The molecule has 1 amide bonds. The molecule has 0 aliphatic rings. The van der Waals surface area contributed by atoms with Crippen LogP contribution in [0.15, 0.2) is 47.5 Å². The van der Waals surface area contributed by atoms with E-state index in [2.05, 4.69) is 41.9 Å². The van der Waals surface area contributed by atoms with Crippen LogP contribution in [-0.4, -0.2) is 36.1 Å². The molecule has 0 saturated heterocycles. The van der Waals surface area contributed by atoms with Crippen LogP contribution in [0.2, 0.25) is 0 Å². The lowest BCUT2D eigenvalue weighted by atomic mass is 10.1. The number of primary amides is 1. The standard InChI is InChI=1S/C18H20N3O2PS2.CH3NO/c1-12-4-9-16(26-12)15-10-20-18(19)17(21-15)13-5-7-14(8-6-13)25-11-24(22-2)23-3;2-1-3/h4-10H,11H2,1-3H3,(H2,19,20);1H,(H2,2,3). The quantitative estimate of drug-likeness (QED) is 0.309. The summed E-state index contributed by atoms with van der Waals surface area (Å²) in [6.45, 7) is 2.08. The summed E-state index contributed by atoms with van der Waals surface area (Å²) in [5.41, 5.74) is 13.5. The molecule has 0 aliphatic carbocycles. The van der Waals surface area contributed by atoms with Crippen molar-refractivity contribution in [2.75, 3.05) is 25.4 Å². The second kappa shape index (κ2) is 11.8. The predicted octanol–water partition coefficient (Wildman–Crippen LogP) is 4.52. The summed E-state index contributed by atoms with van der Waals surface area (Å²) in [4.78, 5) is 21.1. The first-order valence-corrected chi connectivity index (χ1v) is 11.6. The number of benzene rings is 1. The van der Waals surface area contributed by atoms with Crippen molar-refractivity contribution in [3.05, 3.63) is 47.5 Å². The molecule has 4 N–H and O–H groups in total. The zero-order valence-electron chi connectivity index (χ0n) is 16.4. The number of nitrogen functional groups attached to an aromatic ring is 1. The molecular weight excluding hydrogens is 427 g/mol. The molecule has 0 spiro atoms. The summed E-state index contributed by atoms with van der Waals surface area (Å²) in [6.07, 6.45) is 1.98. The molecule has 0 atom stereocenters. The molecule has 3 aromatic rings. The van der Waals surface area contributed by atoms with Crippen LogP contribution < -0.4 is 11.5 Å². The van der Waals surface area contributed by atoms with Crippen LogP contribution in [0.4, 0.5) is 5.82 Å². The van der Waals surface area contributed by atoms with Gasteiger partial charge in [0.15, 0.2) is 8.38 Å². The van der Waals surface area contributed by atoms with Crippen LogP contribution in [-0.2, 0) is 13.8 Å². The highest BCUT2D eigenvalue weighted by molar-refractivity contribution is 8.04. The fraction of sp³-hybridized carbons (Fsp3) is 0.211. The predicted molar refractivity (Wildman–Crippen MR) is 122 cm³/mol. The summed E-state index contributed by atoms with van der Waals surface area (Å²) in [5, 5.41) is 0. The smallest absolute Gasteiger partial charge is 0.204 e. The third-order valence-corrected chi connectivity index (χ3v) is 7.47. The van der Waals surface area contributed by atoms with Gasteiger partial charge in [-0.2, -0.15) is 0 Å². The maximum absolute atomic E-state index is 8.58. The van der Waals surface area contributed by atoms with E-state index in [9.17, 15) is 0 Å². The zero-order valence-corrected chi connectivity index (χ0v) is 18.9. The van der Waals surface area contributed by atoms with Crippen LogP contribution in [0.5, 0.6) is 0 Å². The number of nitrogens with two attached hydrogens (primary N) is 2. The highest BCUT2D eigenvalue weighted by atomic mass is 32.2. The van der Waals surface area contributed by atoms with E-state index in [1.54, 1.807) is 43.5 Å². The molecule has 0 fully saturated rings. The number of aromatic nitrogens is 2. The van der Waals surface area contributed by atoms with E-state index < -0.39 is 8.38 Å². The summed E-state index contributed by atoms with van der Waals surface area (Å²) in [5.74, 6) is 0.435. The highest BCUT2D eigenvalue weighted by Gasteiger charge is 2.11. The minimum atomic E-state index is -0.843. The van der Waals surface area contributed by atoms with E-state index in [0.29, 0.717) is 11.5 Å². The molecule has 1 aromatic carbocycles. The second-order valence-corrected chi connectivity index (χ2v) is 10.0. The van der Waals surface area contributed by atoms with Crippen molar-refractivity contribution in [3.8, 4) is 21.8 Å². The largest absolute Gasteiger partial charge is 0.382 e. The Bertz CT molecular complexity index is 918. The van der Waals surface area contributed by atoms with Crippen molar-refractivity contribution < 1.29 is 13.8 Å². The molecule has 7 nitrogen and oxygen atoms in total. The monoisotopic (exact) mass is 450 g/mol. The first-order valence-electron chi connectivity index (χ1n) is 8.46. The molecule has 0 unspecified atom stereocenters. The number of hydrogen-bond acceptors (Lipinski definition) is 8. The van der Waals surface area contributed by atoms with Crippen molar-refractivity contribution in [3.63, 3.8) is 0 Å². The normalized spacial score (nSPS) is 10.5. The van der Waals surface area contributed by atoms with Crippen LogP contribution in [0.1, 0.15) is 4.88 Å². The Labute approximate surface area is 179 Å². The maximum Gasteiger partial charge on any atom is 0.204 e. The Morgan fingerprint density at radius 3 is 2.38 bits per heavy atom. The van der Waals surface area contributed by atoms with Crippen molar-refractivity contribution in [1.82, 2.24) is 9.97 Å². The van der Waals surface area contributed by atoms with Crippen LogP contribution in [0.25, 0.3) is 21.8 Å². The fourth-order valence-corrected chi connectivity index (χ4v) is 5.48. The molecule has 2 aromatic heterocycles. The average molecular weight is 451 g/mol. The van der Waals surface area contributed by atoms with Gasteiger partial charge in [0.1, 0.15) is 11.5 Å². The third kappa shape index (κ3) is 6.76. The van der Waals surface area contributed by atoms with E-state index in [4.69, 9.17) is 24.6 Å². The third-order valence-electron chi connectivity index (χ3n) is 3.67. The number of carbonyl (C=O) groups excluding carboxylic acids is 1. The Balaban J connectivity index is 0.000000941. The van der Waals surface area contributed by atoms with Gasteiger partial charge < -0.3 is 20.5 Å². The average Bonchev–Trinajstić information content (AvgIpc) is 3.17. The van der Waals surface area contributed by atoms with Crippen molar-refractivity contribution in [2.24, 2.45) is 5.73 Å². The van der Waals surface area contributed by atoms with Gasteiger partial charge in [-0.15, -0.1) is 23.1 Å². The molecule has 0 bridgehead atoms. The van der Waals surface area contributed by atoms with Crippen molar-refractivity contribution in [1.29, 1.82) is 0 Å². The minimum absolute atomic E-state index is 0.250. The van der Waals surface area contributed by atoms with Crippen LogP contribution >= 0.6 is 31.5 Å². The van der Waals surface area contributed by atoms with Gasteiger partial charge in [0, 0.05) is 29.6 Å². The topological polar surface area (TPSA) is 113 Å². The number of nitrogens with zero attached hydrogens (tertiary/aromatic N) is 2. The van der Waals surface area contributed by atoms with Gasteiger partial charge in [0.05, 0.1) is 22.3 Å². The van der Waals surface area contributed by atoms with Gasteiger partial charge >= 0.3 is 0 Å². The molecule has 29 heavy (non-hydrogen) atoms. The number of amides is 1. The Kier molecular flexibility index (Phi) is 9.50. The van der Waals surface area contributed by atoms with Crippen molar-refractivity contribution >= 4 is 43.7 Å². The SMILES string of the molecule is COP(CSc1ccc(-c2nc(-c3ccc(C)s3)cnc2N)cc1)OC.NC=O. The van der Waals surface area contributed by atoms with E-state index in [-0.39, 0.29) is 6.41 Å². The molecule has 0 radical (unpaired) electrons. The van der Waals surface area contributed by atoms with E-state index >= 15 is 0 Å². The number of aryl methyl sites for hydroxylation is 1. The molecule has 0 aliphatic heterocycles. The maximum atomic E-state index is 8.58. The van der Waals surface area contributed by atoms with Crippen molar-refractivity contribution in [2.45, 2.75) is 11.8 Å². The lowest BCUT2D eigenvalue weighted by molar-refractivity contribution is -0.106. The number of thiophene rings is 1. The number of thioether (sulfide) groups is 1. The molecule has 2 heterocycles. The lowest BCUT2D eigenvalue weighted by Crippen LogP contribution is -1.98. The molecule has 10 heteroatoms. The van der Waals surface area contributed by atoms with Gasteiger partial charge in [-0.3, -0.25) is 4.79 Å². The van der Waals surface area contributed by atoms with Gasteiger partial charge in [-0.05, 0) is 31.2 Å². The van der Waals surface area contributed by atoms with Crippen LogP contribution in [0, 0.1) is 6.92 Å². The summed E-state index contributed by atoms with van der Waals surface area (Å²) < 4.78 is 10.5. The van der Waals surface area contributed by atoms with Gasteiger partial charge in [-0.25, -0.2) is 9.97 Å². The highest BCUT2D eigenvalue weighted by Crippen LogP contribution is 2.42. The Hall–Kier alpha value is -2.03. The van der Waals surface area contributed by atoms with E-state index in [0.717, 1.165) is 26.5 Å². The fourth-order valence-electron chi connectivity index (χ4n) is 2.32.